The molecule has 0 spiro atoms. The topological polar surface area (TPSA) is 95.7 Å². The Bertz CT molecular complexity index is 555. The minimum absolute atomic E-state index is 0.107. The molecule has 2 rings (SSSR count). The number of carbonyl (C=O) groups is 1. The molecule has 21 heavy (non-hydrogen) atoms. The van der Waals surface area contributed by atoms with Gasteiger partial charge in [-0.05, 0) is 24.8 Å². The SMILES string of the molecule is CNc1ccc([N+](=O)[O-])cc1C(=O)N(C)CC1CC(O)C1. The maximum Gasteiger partial charge on any atom is 0.270 e. The van der Waals surface area contributed by atoms with Crippen LogP contribution in [-0.2, 0) is 0 Å². The zero-order chi connectivity index (χ0) is 15.6. The predicted octanol–water partition coefficient (Wildman–Crippen LogP) is 1.48. The van der Waals surface area contributed by atoms with Gasteiger partial charge in [0, 0.05) is 38.5 Å². The van der Waals surface area contributed by atoms with Crippen LogP contribution in [0.3, 0.4) is 0 Å². The van der Waals surface area contributed by atoms with E-state index in [9.17, 15) is 20.0 Å². The summed E-state index contributed by atoms with van der Waals surface area (Å²) in [6.45, 7) is 0.543. The first-order valence-corrected chi connectivity index (χ1v) is 6.82. The molecule has 1 aromatic rings. The Morgan fingerprint density at radius 3 is 2.71 bits per heavy atom. The Kier molecular flexibility index (Phi) is 4.42. The van der Waals surface area contributed by atoms with Crippen molar-refractivity contribution in [2.75, 3.05) is 26.0 Å². The molecular formula is C14H19N3O4. The van der Waals surface area contributed by atoms with E-state index in [0.29, 0.717) is 31.0 Å². The molecule has 2 N–H and O–H groups in total. The number of benzene rings is 1. The summed E-state index contributed by atoms with van der Waals surface area (Å²) in [6.07, 6.45) is 1.14. The second-order valence-corrected chi connectivity index (χ2v) is 5.41. The van der Waals surface area contributed by atoms with Crippen LogP contribution < -0.4 is 5.32 Å². The van der Waals surface area contributed by atoms with Crippen molar-refractivity contribution >= 4 is 17.3 Å². The monoisotopic (exact) mass is 293 g/mol. The normalized spacial score (nSPS) is 20.5. The van der Waals surface area contributed by atoms with Crippen molar-refractivity contribution < 1.29 is 14.8 Å². The Hall–Kier alpha value is -2.15. The second kappa shape index (κ2) is 6.09. The first kappa shape index (κ1) is 15.2. The summed E-state index contributed by atoms with van der Waals surface area (Å²) in [5.41, 5.74) is 0.741. The van der Waals surface area contributed by atoms with Crippen molar-refractivity contribution in [2.45, 2.75) is 18.9 Å². The minimum atomic E-state index is -0.515. The number of hydrogen-bond donors (Lipinski definition) is 2. The fraction of sp³-hybridized carbons (Fsp3) is 0.500. The third-order valence-corrected chi connectivity index (χ3v) is 3.80. The van der Waals surface area contributed by atoms with Crippen LogP contribution in [0.1, 0.15) is 23.2 Å². The van der Waals surface area contributed by atoms with Crippen molar-refractivity contribution in [3.63, 3.8) is 0 Å². The molecule has 0 saturated heterocycles. The standard InChI is InChI=1S/C14H19N3O4/c1-15-13-4-3-10(17(20)21)7-12(13)14(19)16(2)8-9-5-11(18)6-9/h3-4,7,9,11,15,18H,5-6,8H2,1-2H3. The summed E-state index contributed by atoms with van der Waals surface area (Å²) in [7, 11) is 3.34. The quantitative estimate of drug-likeness (QED) is 0.633. The van der Waals surface area contributed by atoms with Crippen LogP contribution in [0.25, 0.3) is 0 Å². The number of rotatable bonds is 5. The minimum Gasteiger partial charge on any atom is -0.393 e. The summed E-state index contributed by atoms with van der Waals surface area (Å²) < 4.78 is 0. The summed E-state index contributed by atoms with van der Waals surface area (Å²) in [6, 6.07) is 4.19. The van der Waals surface area contributed by atoms with Crippen LogP contribution in [0.15, 0.2) is 18.2 Å². The van der Waals surface area contributed by atoms with Crippen molar-refractivity contribution in [3.8, 4) is 0 Å². The number of carbonyl (C=O) groups excluding carboxylic acids is 1. The fourth-order valence-corrected chi connectivity index (χ4v) is 2.57. The predicted molar refractivity (Wildman–Crippen MR) is 78.3 cm³/mol. The molecule has 1 fully saturated rings. The molecule has 7 heteroatoms. The van der Waals surface area contributed by atoms with Gasteiger partial charge in [-0.3, -0.25) is 14.9 Å². The van der Waals surface area contributed by atoms with Gasteiger partial charge in [0.15, 0.2) is 0 Å². The molecule has 1 aliphatic rings. The Balaban J connectivity index is 2.16. The molecule has 1 saturated carbocycles. The van der Waals surface area contributed by atoms with Crippen LogP contribution in [0.5, 0.6) is 0 Å². The zero-order valence-corrected chi connectivity index (χ0v) is 12.1. The first-order chi connectivity index (χ1) is 9.92. The van der Waals surface area contributed by atoms with Gasteiger partial charge in [0.2, 0.25) is 0 Å². The van der Waals surface area contributed by atoms with Crippen LogP contribution in [0.2, 0.25) is 0 Å². The van der Waals surface area contributed by atoms with Gasteiger partial charge in [-0.15, -0.1) is 0 Å². The lowest BCUT2D eigenvalue weighted by molar-refractivity contribution is -0.384. The number of nitro benzene ring substituents is 1. The van der Waals surface area contributed by atoms with Gasteiger partial charge < -0.3 is 15.3 Å². The zero-order valence-electron chi connectivity index (χ0n) is 12.1. The van der Waals surface area contributed by atoms with Crippen LogP contribution in [0.4, 0.5) is 11.4 Å². The lowest BCUT2D eigenvalue weighted by Crippen LogP contribution is -2.39. The third kappa shape index (κ3) is 3.30. The maximum absolute atomic E-state index is 12.5. The molecule has 114 valence electrons. The van der Waals surface area contributed by atoms with E-state index in [1.54, 1.807) is 19.0 Å². The molecule has 1 amide bonds. The van der Waals surface area contributed by atoms with E-state index in [1.807, 2.05) is 0 Å². The molecule has 1 aliphatic carbocycles. The number of aliphatic hydroxyl groups excluding tert-OH is 1. The summed E-state index contributed by atoms with van der Waals surface area (Å²) in [5, 5.41) is 23.0. The Morgan fingerprint density at radius 2 is 2.19 bits per heavy atom. The molecule has 0 aromatic heterocycles. The van der Waals surface area contributed by atoms with Crippen molar-refractivity contribution in [3.05, 3.63) is 33.9 Å². The van der Waals surface area contributed by atoms with E-state index in [2.05, 4.69) is 5.32 Å². The average Bonchev–Trinajstić information content (AvgIpc) is 2.43. The Labute approximate surface area is 122 Å². The highest BCUT2D eigenvalue weighted by molar-refractivity contribution is 6.00. The lowest BCUT2D eigenvalue weighted by atomic mass is 9.82. The number of nitro groups is 1. The molecule has 0 radical (unpaired) electrons. The Morgan fingerprint density at radius 1 is 1.52 bits per heavy atom. The highest BCUT2D eigenvalue weighted by Crippen LogP contribution is 2.29. The highest BCUT2D eigenvalue weighted by Gasteiger charge is 2.30. The van der Waals surface area contributed by atoms with Crippen molar-refractivity contribution in [2.24, 2.45) is 5.92 Å². The molecule has 0 unspecified atom stereocenters. The van der Waals surface area contributed by atoms with E-state index in [-0.39, 0.29) is 23.3 Å². The van der Waals surface area contributed by atoms with Crippen molar-refractivity contribution in [1.29, 1.82) is 0 Å². The highest BCUT2D eigenvalue weighted by atomic mass is 16.6. The number of hydrogen-bond acceptors (Lipinski definition) is 5. The number of anilines is 1. The molecule has 0 bridgehead atoms. The second-order valence-electron chi connectivity index (χ2n) is 5.41. The number of aliphatic hydroxyl groups is 1. The summed E-state index contributed by atoms with van der Waals surface area (Å²) >= 11 is 0. The van der Waals surface area contributed by atoms with Gasteiger partial charge in [-0.2, -0.15) is 0 Å². The number of non-ortho nitro benzene ring substituents is 1. The molecule has 0 aliphatic heterocycles. The molecular weight excluding hydrogens is 274 g/mol. The van der Waals surface area contributed by atoms with E-state index in [4.69, 9.17) is 0 Å². The van der Waals surface area contributed by atoms with E-state index in [0.717, 1.165) is 0 Å². The third-order valence-electron chi connectivity index (χ3n) is 3.80. The largest absolute Gasteiger partial charge is 0.393 e. The summed E-state index contributed by atoms with van der Waals surface area (Å²) in [4.78, 5) is 24.3. The number of amides is 1. The number of nitrogens with one attached hydrogen (secondary N) is 1. The number of nitrogens with zero attached hydrogens (tertiary/aromatic N) is 2. The summed E-state index contributed by atoms with van der Waals surface area (Å²) in [5.74, 6) is 0.0372. The van der Waals surface area contributed by atoms with Gasteiger partial charge in [-0.1, -0.05) is 0 Å². The van der Waals surface area contributed by atoms with Gasteiger partial charge in [0.1, 0.15) is 0 Å². The van der Waals surface area contributed by atoms with Gasteiger partial charge in [-0.25, -0.2) is 0 Å². The maximum atomic E-state index is 12.5. The fourth-order valence-electron chi connectivity index (χ4n) is 2.57. The van der Waals surface area contributed by atoms with Crippen LogP contribution in [-0.4, -0.2) is 47.6 Å². The van der Waals surface area contributed by atoms with Crippen LogP contribution in [0, 0.1) is 16.0 Å². The average molecular weight is 293 g/mol. The molecule has 0 heterocycles. The van der Waals surface area contributed by atoms with Crippen LogP contribution >= 0.6 is 0 Å². The smallest absolute Gasteiger partial charge is 0.270 e. The molecule has 7 nitrogen and oxygen atoms in total. The van der Waals surface area contributed by atoms with Gasteiger partial charge in [0.05, 0.1) is 16.6 Å². The molecule has 1 aromatic carbocycles. The van der Waals surface area contributed by atoms with Crippen molar-refractivity contribution in [1.82, 2.24) is 4.90 Å². The van der Waals surface area contributed by atoms with E-state index >= 15 is 0 Å². The van der Waals surface area contributed by atoms with Gasteiger partial charge in [0.25, 0.3) is 11.6 Å². The lowest BCUT2D eigenvalue weighted by Gasteiger charge is -2.34. The molecule has 0 atom stereocenters. The van der Waals surface area contributed by atoms with E-state index in [1.165, 1.54) is 18.2 Å². The first-order valence-electron chi connectivity index (χ1n) is 6.82. The van der Waals surface area contributed by atoms with E-state index < -0.39 is 4.92 Å². The van der Waals surface area contributed by atoms with Gasteiger partial charge >= 0.3 is 0 Å².